The minimum absolute atomic E-state index is 0.613. The summed E-state index contributed by atoms with van der Waals surface area (Å²) in [6.07, 6.45) is 2.46. The van der Waals surface area contributed by atoms with Crippen LogP contribution in [0.3, 0.4) is 0 Å². The van der Waals surface area contributed by atoms with Crippen LogP contribution in [-0.2, 0) is 18.9 Å². The zero-order valence-electron chi connectivity index (χ0n) is 11.9. The van der Waals surface area contributed by atoms with E-state index >= 15 is 0 Å². The van der Waals surface area contributed by atoms with Gasteiger partial charge >= 0.3 is 0 Å². The van der Waals surface area contributed by atoms with E-state index in [2.05, 4.69) is 12.2 Å². The van der Waals surface area contributed by atoms with Crippen LogP contribution in [0.1, 0.15) is 19.8 Å². The fourth-order valence-electron chi connectivity index (χ4n) is 1.26. The molecule has 0 atom stereocenters. The second-order valence-electron chi connectivity index (χ2n) is 3.93. The van der Waals surface area contributed by atoms with Crippen LogP contribution >= 0.6 is 0 Å². The average Bonchev–Trinajstić information content (AvgIpc) is 2.39. The maximum atomic E-state index is 5.41. The van der Waals surface area contributed by atoms with Gasteiger partial charge in [-0.2, -0.15) is 0 Å². The SMILES string of the molecule is CCCCNCCOCCOCCOCCOC. The summed E-state index contributed by atoms with van der Waals surface area (Å²) < 4.78 is 20.9. The van der Waals surface area contributed by atoms with E-state index in [1.807, 2.05) is 0 Å². The molecule has 0 saturated heterocycles. The van der Waals surface area contributed by atoms with Crippen molar-refractivity contribution in [2.75, 3.05) is 66.4 Å². The molecule has 0 aliphatic rings. The zero-order chi connectivity index (χ0) is 13.3. The highest BCUT2D eigenvalue weighted by molar-refractivity contribution is 4.45. The van der Waals surface area contributed by atoms with Crippen molar-refractivity contribution < 1.29 is 18.9 Å². The van der Waals surface area contributed by atoms with Crippen molar-refractivity contribution in [1.82, 2.24) is 5.32 Å². The quantitative estimate of drug-likeness (QED) is 0.448. The van der Waals surface area contributed by atoms with Crippen LogP contribution in [0.2, 0.25) is 0 Å². The molecule has 5 nitrogen and oxygen atoms in total. The Bertz CT molecular complexity index is 131. The molecule has 0 aromatic carbocycles. The largest absolute Gasteiger partial charge is 0.382 e. The molecule has 110 valence electrons. The van der Waals surface area contributed by atoms with Crippen LogP contribution < -0.4 is 5.32 Å². The van der Waals surface area contributed by atoms with Crippen molar-refractivity contribution in [3.8, 4) is 0 Å². The molecule has 0 aliphatic heterocycles. The van der Waals surface area contributed by atoms with E-state index in [1.165, 1.54) is 12.8 Å². The van der Waals surface area contributed by atoms with Gasteiger partial charge in [-0.1, -0.05) is 13.3 Å². The number of unbranched alkanes of at least 4 members (excludes halogenated alkanes) is 1. The van der Waals surface area contributed by atoms with E-state index in [1.54, 1.807) is 7.11 Å². The fraction of sp³-hybridized carbons (Fsp3) is 1.00. The molecule has 1 N–H and O–H groups in total. The van der Waals surface area contributed by atoms with E-state index in [0.29, 0.717) is 39.6 Å². The predicted octanol–water partition coefficient (Wildman–Crippen LogP) is 1.07. The first kappa shape index (κ1) is 17.8. The molecule has 0 aromatic heterocycles. The molecule has 0 radical (unpaired) electrons. The van der Waals surface area contributed by atoms with Crippen LogP contribution in [0.15, 0.2) is 0 Å². The Morgan fingerprint density at radius 1 is 0.722 bits per heavy atom. The lowest BCUT2D eigenvalue weighted by molar-refractivity contribution is 0.00411. The van der Waals surface area contributed by atoms with Crippen LogP contribution in [0.5, 0.6) is 0 Å². The second-order valence-corrected chi connectivity index (χ2v) is 3.93. The summed E-state index contributed by atoms with van der Waals surface area (Å²) in [5.74, 6) is 0. The molecular weight excluding hydrogens is 234 g/mol. The highest BCUT2D eigenvalue weighted by Gasteiger charge is 1.92. The molecule has 0 aromatic rings. The van der Waals surface area contributed by atoms with Crippen molar-refractivity contribution in [1.29, 1.82) is 0 Å². The first-order chi connectivity index (χ1) is 8.91. The molecular formula is C13H29NO4. The first-order valence-electron chi connectivity index (χ1n) is 6.84. The van der Waals surface area contributed by atoms with Crippen molar-refractivity contribution in [2.24, 2.45) is 0 Å². The number of nitrogens with one attached hydrogen (secondary N) is 1. The third kappa shape index (κ3) is 15.8. The number of ether oxygens (including phenoxy) is 4. The molecule has 0 saturated carbocycles. The standard InChI is InChI=1S/C13H29NO4/c1-3-4-5-14-6-7-16-10-11-18-13-12-17-9-8-15-2/h14H,3-13H2,1-2H3. The third-order valence-corrected chi connectivity index (χ3v) is 2.31. The zero-order valence-corrected chi connectivity index (χ0v) is 11.9. The Hall–Kier alpha value is -0.200. The van der Waals surface area contributed by atoms with Crippen LogP contribution in [0.25, 0.3) is 0 Å². The van der Waals surface area contributed by atoms with Gasteiger partial charge in [0.1, 0.15) is 0 Å². The third-order valence-electron chi connectivity index (χ3n) is 2.31. The summed E-state index contributed by atoms with van der Waals surface area (Å²) in [6.45, 7) is 8.69. The van der Waals surface area contributed by atoms with Crippen LogP contribution in [0.4, 0.5) is 0 Å². The molecule has 18 heavy (non-hydrogen) atoms. The van der Waals surface area contributed by atoms with Gasteiger partial charge in [0.05, 0.1) is 46.2 Å². The summed E-state index contributed by atoms with van der Waals surface area (Å²) >= 11 is 0. The first-order valence-corrected chi connectivity index (χ1v) is 6.84. The summed E-state index contributed by atoms with van der Waals surface area (Å²) in [5, 5.41) is 3.32. The molecule has 0 heterocycles. The lowest BCUT2D eigenvalue weighted by atomic mass is 10.3. The molecule has 0 aliphatic carbocycles. The highest BCUT2D eigenvalue weighted by Crippen LogP contribution is 1.83. The predicted molar refractivity (Wildman–Crippen MR) is 72.1 cm³/mol. The van der Waals surface area contributed by atoms with Gasteiger partial charge in [0.2, 0.25) is 0 Å². The summed E-state index contributed by atoms with van der Waals surface area (Å²) in [5.41, 5.74) is 0. The van der Waals surface area contributed by atoms with E-state index in [4.69, 9.17) is 18.9 Å². The summed E-state index contributed by atoms with van der Waals surface area (Å²) in [6, 6.07) is 0. The Balaban J connectivity index is 2.86. The van der Waals surface area contributed by atoms with Crippen molar-refractivity contribution in [3.05, 3.63) is 0 Å². The van der Waals surface area contributed by atoms with Crippen molar-refractivity contribution in [2.45, 2.75) is 19.8 Å². The molecule has 5 heteroatoms. The van der Waals surface area contributed by atoms with E-state index in [0.717, 1.165) is 19.7 Å². The van der Waals surface area contributed by atoms with Gasteiger partial charge in [-0.15, -0.1) is 0 Å². The van der Waals surface area contributed by atoms with Gasteiger partial charge in [-0.3, -0.25) is 0 Å². The molecule has 0 rings (SSSR count). The number of hydrogen-bond acceptors (Lipinski definition) is 5. The minimum atomic E-state index is 0.613. The summed E-state index contributed by atoms with van der Waals surface area (Å²) in [7, 11) is 1.66. The number of hydrogen-bond donors (Lipinski definition) is 1. The molecule has 0 bridgehead atoms. The van der Waals surface area contributed by atoms with Gasteiger partial charge in [0.15, 0.2) is 0 Å². The van der Waals surface area contributed by atoms with E-state index in [9.17, 15) is 0 Å². The van der Waals surface area contributed by atoms with Gasteiger partial charge in [0, 0.05) is 13.7 Å². The van der Waals surface area contributed by atoms with Crippen molar-refractivity contribution >= 4 is 0 Å². The smallest absolute Gasteiger partial charge is 0.0701 e. The van der Waals surface area contributed by atoms with Gasteiger partial charge in [-0.05, 0) is 13.0 Å². The highest BCUT2D eigenvalue weighted by atomic mass is 16.6. The van der Waals surface area contributed by atoms with Gasteiger partial charge < -0.3 is 24.3 Å². The van der Waals surface area contributed by atoms with Crippen LogP contribution in [-0.4, -0.2) is 66.4 Å². The number of methoxy groups -OCH3 is 1. The second kappa shape index (κ2) is 16.8. The normalized spacial score (nSPS) is 11.0. The number of rotatable bonds is 15. The topological polar surface area (TPSA) is 49.0 Å². The minimum Gasteiger partial charge on any atom is -0.382 e. The van der Waals surface area contributed by atoms with E-state index in [-0.39, 0.29) is 0 Å². The molecule has 0 amide bonds. The Morgan fingerprint density at radius 3 is 1.83 bits per heavy atom. The maximum Gasteiger partial charge on any atom is 0.0701 e. The fourth-order valence-corrected chi connectivity index (χ4v) is 1.26. The maximum absolute atomic E-state index is 5.41. The van der Waals surface area contributed by atoms with Gasteiger partial charge in [-0.25, -0.2) is 0 Å². The molecule has 0 spiro atoms. The average molecular weight is 263 g/mol. The van der Waals surface area contributed by atoms with Crippen molar-refractivity contribution in [3.63, 3.8) is 0 Å². The Labute approximate surface area is 111 Å². The summed E-state index contributed by atoms with van der Waals surface area (Å²) in [4.78, 5) is 0. The lowest BCUT2D eigenvalue weighted by Crippen LogP contribution is -2.21. The lowest BCUT2D eigenvalue weighted by Gasteiger charge is -2.07. The molecule has 0 unspecified atom stereocenters. The Morgan fingerprint density at radius 2 is 1.28 bits per heavy atom. The Kier molecular flexibility index (Phi) is 16.6. The van der Waals surface area contributed by atoms with Crippen LogP contribution in [0, 0.1) is 0 Å². The van der Waals surface area contributed by atoms with Gasteiger partial charge in [0.25, 0.3) is 0 Å². The monoisotopic (exact) mass is 263 g/mol. The van der Waals surface area contributed by atoms with E-state index < -0.39 is 0 Å². The molecule has 0 fully saturated rings.